The topological polar surface area (TPSA) is 48.2 Å². The van der Waals surface area contributed by atoms with Crippen molar-refractivity contribution in [3.8, 4) is 11.4 Å². The van der Waals surface area contributed by atoms with Crippen LogP contribution in [0.5, 0.6) is 0 Å². The molecule has 90 valence electrons. The highest BCUT2D eigenvalue weighted by Crippen LogP contribution is 2.16. The molecule has 0 amide bonds. The highest BCUT2D eigenvalue weighted by atomic mass is 16.5. The molecule has 0 radical (unpaired) electrons. The first-order valence-corrected chi connectivity index (χ1v) is 5.66. The van der Waals surface area contributed by atoms with E-state index < -0.39 is 0 Å². The van der Waals surface area contributed by atoms with Crippen LogP contribution in [0.2, 0.25) is 0 Å². The maximum Gasteiger partial charge on any atom is 0.223 e. The van der Waals surface area contributed by atoms with Crippen molar-refractivity contribution >= 4 is 0 Å². The summed E-state index contributed by atoms with van der Waals surface area (Å²) in [6.45, 7) is 6.46. The summed E-state index contributed by atoms with van der Waals surface area (Å²) < 4.78 is 10.5. The Balaban J connectivity index is 2.07. The summed E-state index contributed by atoms with van der Waals surface area (Å²) in [5, 5.41) is 3.87. The third-order valence-corrected chi connectivity index (χ3v) is 2.32. The number of aromatic nitrogens is 2. The fourth-order valence-corrected chi connectivity index (χ4v) is 1.43. The molecule has 0 aliphatic heterocycles. The fraction of sp³-hybridized carbons (Fsp3) is 0.385. The standard InChI is InChI=1S/C13H16N2O2/c1-9(2)16-8-11-4-6-12(7-5-11)13-14-10(3)17-15-13/h4-7,9H,8H2,1-3H3. The number of hydrogen-bond donors (Lipinski definition) is 0. The van der Waals surface area contributed by atoms with E-state index >= 15 is 0 Å². The van der Waals surface area contributed by atoms with Crippen molar-refractivity contribution in [2.24, 2.45) is 0 Å². The smallest absolute Gasteiger partial charge is 0.223 e. The van der Waals surface area contributed by atoms with E-state index in [1.54, 1.807) is 6.92 Å². The van der Waals surface area contributed by atoms with Gasteiger partial charge in [0.1, 0.15) is 0 Å². The third-order valence-electron chi connectivity index (χ3n) is 2.32. The second-order valence-corrected chi connectivity index (χ2v) is 4.19. The number of nitrogens with zero attached hydrogens (tertiary/aromatic N) is 2. The third kappa shape index (κ3) is 3.14. The van der Waals surface area contributed by atoms with Gasteiger partial charge in [0.15, 0.2) is 0 Å². The molecule has 0 bridgehead atoms. The van der Waals surface area contributed by atoms with E-state index in [0.29, 0.717) is 18.3 Å². The number of ether oxygens (including phenoxy) is 1. The molecule has 0 N–H and O–H groups in total. The van der Waals surface area contributed by atoms with Gasteiger partial charge in [-0.3, -0.25) is 0 Å². The van der Waals surface area contributed by atoms with Crippen LogP contribution in [-0.4, -0.2) is 16.2 Å². The van der Waals surface area contributed by atoms with Crippen LogP contribution in [0.3, 0.4) is 0 Å². The first kappa shape index (κ1) is 11.8. The van der Waals surface area contributed by atoms with Gasteiger partial charge in [0.05, 0.1) is 12.7 Å². The molecule has 0 aliphatic carbocycles. The van der Waals surface area contributed by atoms with Crippen molar-refractivity contribution in [1.82, 2.24) is 10.1 Å². The van der Waals surface area contributed by atoms with Gasteiger partial charge in [-0.05, 0) is 19.4 Å². The Labute approximate surface area is 101 Å². The fourth-order valence-electron chi connectivity index (χ4n) is 1.43. The molecule has 4 heteroatoms. The Bertz CT molecular complexity index is 474. The van der Waals surface area contributed by atoms with Crippen molar-refractivity contribution in [3.63, 3.8) is 0 Å². The Kier molecular flexibility index (Phi) is 3.54. The summed E-state index contributed by atoms with van der Waals surface area (Å²) in [5.74, 6) is 1.20. The lowest BCUT2D eigenvalue weighted by molar-refractivity contribution is 0.0657. The Morgan fingerprint density at radius 1 is 1.24 bits per heavy atom. The van der Waals surface area contributed by atoms with Crippen LogP contribution in [0.25, 0.3) is 11.4 Å². The monoisotopic (exact) mass is 232 g/mol. The number of hydrogen-bond acceptors (Lipinski definition) is 4. The Hall–Kier alpha value is -1.68. The predicted molar refractivity (Wildman–Crippen MR) is 64.4 cm³/mol. The van der Waals surface area contributed by atoms with Gasteiger partial charge in [-0.25, -0.2) is 0 Å². The molecule has 4 nitrogen and oxygen atoms in total. The molecule has 1 heterocycles. The van der Waals surface area contributed by atoms with Gasteiger partial charge in [0.25, 0.3) is 0 Å². The lowest BCUT2D eigenvalue weighted by atomic mass is 10.1. The maximum absolute atomic E-state index is 5.53. The van der Waals surface area contributed by atoms with Crippen LogP contribution < -0.4 is 0 Å². The highest BCUT2D eigenvalue weighted by Gasteiger charge is 2.05. The van der Waals surface area contributed by atoms with Crippen molar-refractivity contribution in [2.75, 3.05) is 0 Å². The minimum absolute atomic E-state index is 0.245. The van der Waals surface area contributed by atoms with E-state index in [1.165, 1.54) is 0 Å². The van der Waals surface area contributed by atoms with Crippen LogP contribution >= 0.6 is 0 Å². The number of benzene rings is 1. The van der Waals surface area contributed by atoms with Gasteiger partial charge in [0.2, 0.25) is 11.7 Å². The zero-order valence-corrected chi connectivity index (χ0v) is 10.3. The van der Waals surface area contributed by atoms with E-state index in [9.17, 15) is 0 Å². The van der Waals surface area contributed by atoms with Crippen molar-refractivity contribution in [2.45, 2.75) is 33.5 Å². The Morgan fingerprint density at radius 2 is 1.94 bits per heavy atom. The molecule has 1 aromatic heterocycles. The molecular formula is C13H16N2O2. The van der Waals surface area contributed by atoms with E-state index in [1.807, 2.05) is 38.1 Å². The van der Waals surface area contributed by atoms with Crippen LogP contribution in [0, 0.1) is 6.92 Å². The van der Waals surface area contributed by atoms with Crippen LogP contribution in [0.4, 0.5) is 0 Å². The lowest BCUT2D eigenvalue weighted by Gasteiger charge is -2.07. The molecular weight excluding hydrogens is 216 g/mol. The quantitative estimate of drug-likeness (QED) is 0.813. The number of rotatable bonds is 4. The zero-order chi connectivity index (χ0) is 12.3. The molecule has 2 aromatic rings. The first-order chi connectivity index (χ1) is 8.15. The molecule has 0 fully saturated rings. The van der Waals surface area contributed by atoms with Crippen LogP contribution in [0.1, 0.15) is 25.3 Å². The SMILES string of the molecule is Cc1nc(-c2ccc(COC(C)C)cc2)no1. The first-order valence-electron chi connectivity index (χ1n) is 5.66. The maximum atomic E-state index is 5.53. The molecule has 0 saturated carbocycles. The molecule has 0 atom stereocenters. The van der Waals surface area contributed by atoms with Gasteiger partial charge >= 0.3 is 0 Å². The van der Waals surface area contributed by atoms with Gasteiger partial charge in [-0.2, -0.15) is 4.98 Å². The summed E-state index contributed by atoms with van der Waals surface area (Å²) >= 11 is 0. The van der Waals surface area contributed by atoms with E-state index in [0.717, 1.165) is 11.1 Å². The average Bonchev–Trinajstić information content (AvgIpc) is 2.74. The van der Waals surface area contributed by atoms with Crippen molar-refractivity contribution in [3.05, 3.63) is 35.7 Å². The van der Waals surface area contributed by atoms with E-state index in [4.69, 9.17) is 9.26 Å². The second kappa shape index (κ2) is 5.10. The second-order valence-electron chi connectivity index (χ2n) is 4.19. The molecule has 2 rings (SSSR count). The van der Waals surface area contributed by atoms with Crippen molar-refractivity contribution < 1.29 is 9.26 Å². The molecule has 0 aliphatic rings. The molecule has 0 saturated heterocycles. The van der Waals surface area contributed by atoms with Gasteiger partial charge in [0, 0.05) is 12.5 Å². The lowest BCUT2D eigenvalue weighted by Crippen LogP contribution is -2.01. The molecule has 1 aromatic carbocycles. The summed E-state index contributed by atoms with van der Waals surface area (Å²) in [6.07, 6.45) is 0.245. The summed E-state index contributed by atoms with van der Waals surface area (Å²) in [6, 6.07) is 7.99. The van der Waals surface area contributed by atoms with Crippen LogP contribution in [0.15, 0.2) is 28.8 Å². The average molecular weight is 232 g/mol. The molecule has 17 heavy (non-hydrogen) atoms. The van der Waals surface area contributed by atoms with E-state index in [2.05, 4.69) is 10.1 Å². The van der Waals surface area contributed by atoms with E-state index in [-0.39, 0.29) is 6.10 Å². The molecule has 0 unspecified atom stereocenters. The largest absolute Gasteiger partial charge is 0.374 e. The normalized spacial score (nSPS) is 11.1. The van der Waals surface area contributed by atoms with Crippen molar-refractivity contribution in [1.29, 1.82) is 0 Å². The zero-order valence-electron chi connectivity index (χ0n) is 10.3. The van der Waals surface area contributed by atoms with Gasteiger partial charge in [-0.15, -0.1) is 0 Å². The number of aryl methyl sites for hydroxylation is 1. The minimum atomic E-state index is 0.245. The van der Waals surface area contributed by atoms with Crippen LogP contribution in [-0.2, 0) is 11.3 Å². The van der Waals surface area contributed by atoms with Gasteiger partial charge < -0.3 is 9.26 Å². The summed E-state index contributed by atoms with van der Waals surface area (Å²) in [4.78, 5) is 4.18. The highest BCUT2D eigenvalue weighted by molar-refractivity contribution is 5.54. The molecule has 0 spiro atoms. The minimum Gasteiger partial charge on any atom is -0.374 e. The summed E-state index contributed by atoms with van der Waals surface area (Å²) in [5.41, 5.74) is 2.10. The van der Waals surface area contributed by atoms with Gasteiger partial charge in [-0.1, -0.05) is 29.4 Å². The Morgan fingerprint density at radius 3 is 2.47 bits per heavy atom. The predicted octanol–water partition coefficient (Wildman–Crippen LogP) is 2.97. The summed E-state index contributed by atoms with van der Waals surface area (Å²) in [7, 11) is 0.